The molecule has 0 bridgehead atoms. The van der Waals surface area contributed by atoms with Crippen LogP contribution in [0.2, 0.25) is 0 Å². The molecular formula is C25H20N2O9. The molecule has 1 fully saturated rings. The molecule has 4 amide bonds. The minimum atomic E-state index is -1.19. The van der Waals surface area contributed by atoms with E-state index in [9.17, 15) is 19.2 Å². The number of barbiturate groups is 1. The first-order valence-electron chi connectivity index (χ1n) is 10.5. The van der Waals surface area contributed by atoms with Gasteiger partial charge in [0.25, 0.3) is 11.8 Å². The molecular weight excluding hydrogens is 472 g/mol. The van der Waals surface area contributed by atoms with Crippen LogP contribution in [0.4, 0.5) is 10.5 Å². The van der Waals surface area contributed by atoms with Crippen molar-refractivity contribution in [2.24, 2.45) is 0 Å². The van der Waals surface area contributed by atoms with E-state index in [1.807, 2.05) is 0 Å². The third-order valence-electron chi connectivity index (χ3n) is 5.17. The zero-order valence-corrected chi connectivity index (χ0v) is 19.1. The molecule has 0 spiro atoms. The molecule has 0 saturated carbocycles. The fourth-order valence-corrected chi connectivity index (χ4v) is 3.40. The second-order valence-electron chi connectivity index (χ2n) is 7.43. The summed E-state index contributed by atoms with van der Waals surface area (Å²) in [6.45, 7) is -0.0517. The summed E-state index contributed by atoms with van der Waals surface area (Å²) in [5.41, 5.74) is 0.452. The molecule has 11 heteroatoms. The highest BCUT2D eigenvalue weighted by molar-refractivity contribution is 6.39. The first-order chi connectivity index (χ1) is 17.3. The van der Waals surface area contributed by atoms with Gasteiger partial charge in [-0.2, -0.15) is 0 Å². The number of aromatic carboxylic acids is 1. The smallest absolute Gasteiger partial charge is 0.371 e. The number of imide groups is 2. The lowest BCUT2D eigenvalue weighted by molar-refractivity contribution is -0.122. The number of methoxy groups -OCH3 is 2. The van der Waals surface area contributed by atoms with E-state index >= 15 is 0 Å². The Morgan fingerprint density at radius 3 is 2.39 bits per heavy atom. The van der Waals surface area contributed by atoms with E-state index in [2.05, 4.69) is 5.32 Å². The van der Waals surface area contributed by atoms with E-state index in [0.29, 0.717) is 28.6 Å². The Hall–Kier alpha value is -5.06. The number of nitrogens with zero attached hydrogens (tertiary/aromatic N) is 1. The summed E-state index contributed by atoms with van der Waals surface area (Å²) in [5, 5.41) is 11.1. The van der Waals surface area contributed by atoms with Gasteiger partial charge in [-0.3, -0.25) is 14.9 Å². The summed E-state index contributed by atoms with van der Waals surface area (Å²) in [7, 11) is 2.90. The van der Waals surface area contributed by atoms with Crippen LogP contribution in [0, 0.1) is 0 Å². The number of urea groups is 1. The number of carboxylic acid groups (broad SMARTS) is 1. The Kier molecular flexibility index (Phi) is 6.72. The number of amides is 4. The number of hydrogen-bond acceptors (Lipinski definition) is 8. The van der Waals surface area contributed by atoms with Crippen LogP contribution in [-0.4, -0.2) is 43.1 Å². The molecule has 2 N–H and O–H groups in total. The van der Waals surface area contributed by atoms with Gasteiger partial charge >= 0.3 is 12.0 Å². The zero-order valence-electron chi connectivity index (χ0n) is 19.1. The number of nitrogens with one attached hydrogen (secondary N) is 1. The van der Waals surface area contributed by atoms with Crippen LogP contribution >= 0.6 is 0 Å². The summed E-state index contributed by atoms with van der Waals surface area (Å²) < 4.78 is 21.3. The number of benzene rings is 2. The molecule has 1 saturated heterocycles. The molecule has 36 heavy (non-hydrogen) atoms. The number of furan rings is 1. The molecule has 3 aromatic rings. The normalized spacial score (nSPS) is 14.6. The topological polar surface area (TPSA) is 145 Å². The zero-order chi connectivity index (χ0) is 25.8. The molecule has 184 valence electrons. The number of hydrogen-bond donors (Lipinski definition) is 2. The van der Waals surface area contributed by atoms with Crippen LogP contribution in [0.3, 0.4) is 0 Å². The molecule has 1 aliphatic heterocycles. The van der Waals surface area contributed by atoms with Crippen molar-refractivity contribution in [2.75, 3.05) is 19.1 Å². The molecule has 0 aliphatic carbocycles. The number of ether oxygens (including phenoxy) is 3. The van der Waals surface area contributed by atoms with Gasteiger partial charge in [0.1, 0.15) is 23.7 Å². The van der Waals surface area contributed by atoms with Crippen LogP contribution in [0.5, 0.6) is 17.2 Å². The van der Waals surface area contributed by atoms with Crippen LogP contribution < -0.4 is 24.4 Å². The van der Waals surface area contributed by atoms with Gasteiger partial charge in [0.15, 0.2) is 11.5 Å². The van der Waals surface area contributed by atoms with Crippen molar-refractivity contribution in [3.8, 4) is 17.2 Å². The number of carbonyl (C=O) groups excluding carboxylic acids is 3. The van der Waals surface area contributed by atoms with Crippen molar-refractivity contribution in [3.05, 3.63) is 77.3 Å². The van der Waals surface area contributed by atoms with Crippen molar-refractivity contribution < 1.29 is 42.9 Å². The van der Waals surface area contributed by atoms with E-state index in [0.717, 1.165) is 4.90 Å². The average molecular weight is 492 g/mol. The summed E-state index contributed by atoms with van der Waals surface area (Å²) in [4.78, 5) is 49.7. The Balaban J connectivity index is 1.56. The van der Waals surface area contributed by atoms with Crippen LogP contribution in [-0.2, 0) is 16.2 Å². The fourth-order valence-electron chi connectivity index (χ4n) is 3.40. The second-order valence-corrected chi connectivity index (χ2v) is 7.43. The largest absolute Gasteiger partial charge is 0.497 e. The molecule has 2 heterocycles. The molecule has 0 radical (unpaired) electrons. The Bertz CT molecular complexity index is 1370. The van der Waals surface area contributed by atoms with Crippen molar-refractivity contribution in [1.29, 1.82) is 0 Å². The number of carboxylic acids is 1. The van der Waals surface area contributed by atoms with Crippen LogP contribution in [0.1, 0.15) is 21.9 Å². The maximum Gasteiger partial charge on any atom is 0.371 e. The quantitative estimate of drug-likeness (QED) is 0.358. The van der Waals surface area contributed by atoms with Gasteiger partial charge in [0, 0.05) is 0 Å². The van der Waals surface area contributed by atoms with Gasteiger partial charge in [-0.1, -0.05) is 6.07 Å². The summed E-state index contributed by atoms with van der Waals surface area (Å²) in [5.74, 6) is -1.57. The number of carbonyl (C=O) groups is 4. The molecule has 1 aromatic heterocycles. The van der Waals surface area contributed by atoms with Crippen molar-refractivity contribution >= 4 is 35.6 Å². The van der Waals surface area contributed by atoms with Crippen LogP contribution in [0.25, 0.3) is 6.08 Å². The van der Waals surface area contributed by atoms with E-state index in [4.69, 9.17) is 23.7 Å². The van der Waals surface area contributed by atoms with Gasteiger partial charge in [-0.25, -0.2) is 14.5 Å². The van der Waals surface area contributed by atoms with Gasteiger partial charge < -0.3 is 23.7 Å². The third-order valence-corrected chi connectivity index (χ3v) is 5.17. The third kappa shape index (κ3) is 4.89. The molecule has 1 aliphatic rings. The summed E-state index contributed by atoms with van der Waals surface area (Å²) >= 11 is 0. The predicted octanol–water partition coefficient (Wildman–Crippen LogP) is 3.24. The van der Waals surface area contributed by atoms with Crippen molar-refractivity contribution in [3.63, 3.8) is 0 Å². The van der Waals surface area contributed by atoms with Crippen molar-refractivity contribution in [2.45, 2.75) is 6.61 Å². The number of rotatable bonds is 8. The fraction of sp³-hybridized carbons (Fsp3) is 0.120. The van der Waals surface area contributed by atoms with Gasteiger partial charge in [-0.15, -0.1) is 0 Å². The molecule has 11 nitrogen and oxygen atoms in total. The maximum atomic E-state index is 13.1. The lowest BCUT2D eigenvalue weighted by Gasteiger charge is -2.26. The maximum absolute atomic E-state index is 13.1. The number of anilines is 1. The van der Waals surface area contributed by atoms with Crippen molar-refractivity contribution in [1.82, 2.24) is 5.32 Å². The van der Waals surface area contributed by atoms with E-state index in [1.165, 1.54) is 44.6 Å². The van der Waals surface area contributed by atoms with E-state index in [1.54, 1.807) is 30.3 Å². The Labute approximate surface area is 204 Å². The van der Waals surface area contributed by atoms with E-state index < -0.39 is 23.8 Å². The first kappa shape index (κ1) is 24.1. The van der Waals surface area contributed by atoms with Gasteiger partial charge in [0.2, 0.25) is 5.76 Å². The summed E-state index contributed by atoms with van der Waals surface area (Å²) in [6.07, 6.45) is 1.33. The highest BCUT2D eigenvalue weighted by Gasteiger charge is 2.36. The monoisotopic (exact) mass is 492 g/mol. The molecule has 4 rings (SSSR count). The molecule has 2 aromatic carbocycles. The Morgan fingerprint density at radius 2 is 1.75 bits per heavy atom. The van der Waals surface area contributed by atoms with Gasteiger partial charge in [0.05, 0.1) is 19.9 Å². The lowest BCUT2D eigenvalue weighted by Crippen LogP contribution is -2.54. The SMILES string of the molecule is COc1ccc(N2C(=O)NC(=O)/C(=C\c3ccc(OCc4ccc(C(=O)O)o4)c(OC)c3)C2=O)cc1. The first-order valence-corrected chi connectivity index (χ1v) is 10.5. The minimum absolute atomic E-state index is 0.0517. The summed E-state index contributed by atoms with van der Waals surface area (Å²) in [6, 6.07) is 12.9. The Morgan fingerprint density at radius 1 is 1.00 bits per heavy atom. The average Bonchev–Trinajstić information content (AvgIpc) is 3.35. The highest BCUT2D eigenvalue weighted by Crippen LogP contribution is 2.31. The van der Waals surface area contributed by atoms with E-state index in [-0.39, 0.29) is 23.6 Å². The standard InChI is InChI=1S/C25H20N2O9/c1-33-16-6-4-15(5-7-16)27-23(29)18(22(28)26-25(27)32)11-14-3-9-19(21(12-14)34-2)35-13-17-8-10-20(36-17)24(30)31/h3-12H,13H2,1-2H3,(H,30,31)(H,26,28,32)/b18-11+. The highest BCUT2D eigenvalue weighted by atomic mass is 16.5. The lowest BCUT2D eigenvalue weighted by atomic mass is 10.1. The minimum Gasteiger partial charge on any atom is -0.497 e. The van der Waals surface area contributed by atoms with Gasteiger partial charge in [-0.05, 0) is 60.2 Å². The van der Waals surface area contributed by atoms with Crippen LogP contribution in [0.15, 0.2) is 64.6 Å². The molecule has 0 unspecified atom stereocenters. The molecule has 0 atom stereocenters. The predicted molar refractivity (Wildman–Crippen MR) is 125 cm³/mol. The second kappa shape index (κ2) is 10.1.